The molecule has 0 aliphatic heterocycles. The number of nitrogens with zero attached hydrogens (tertiary/aromatic N) is 3. The van der Waals surface area contributed by atoms with Crippen LogP contribution in [0.5, 0.6) is 17.2 Å². The molecule has 1 aliphatic rings. The number of hydrogen-bond acceptors (Lipinski definition) is 6. The fourth-order valence-electron chi connectivity index (χ4n) is 3.89. The number of aromatic nitrogens is 2. The Balaban J connectivity index is 1.68. The molecule has 4 rings (SSSR count). The van der Waals surface area contributed by atoms with Crippen LogP contribution >= 0.6 is 11.6 Å². The van der Waals surface area contributed by atoms with Crippen LogP contribution in [0.3, 0.4) is 0 Å². The van der Waals surface area contributed by atoms with Crippen molar-refractivity contribution in [2.24, 2.45) is 0 Å². The lowest BCUT2D eigenvalue weighted by Crippen LogP contribution is -2.01. The summed E-state index contributed by atoms with van der Waals surface area (Å²) in [5.74, 6) is 2.05. The molecule has 0 amide bonds. The summed E-state index contributed by atoms with van der Waals surface area (Å²) in [4.78, 5) is 11.1. The maximum absolute atomic E-state index is 11.4. The Kier molecular flexibility index (Phi) is 5.55. The maximum Gasteiger partial charge on any atom is 0.273 e. The zero-order chi connectivity index (χ0) is 21.3. The van der Waals surface area contributed by atoms with Crippen molar-refractivity contribution in [2.45, 2.75) is 32.6 Å². The van der Waals surface area contributed by atoms with Crippen LogP contribution in [-0.4, -0.2) is 22.2 Å². The summed E-state index contributed by atoms with van der Waals surface area (Å²) in [5, 5.41) is 19.8. The van der Waals surface area contributed by atoms with Gasteiger partial charge in [-0.3, -0.25) is 10.1 Å². The predicted octanol–water partition coefficient (Wildman–Crippen LogP) is 5.23. The highest BCUT2D eigenvalue weighted by molar-refractivity contribution is 6.29. The normalized spacial score (nSPS) is 12.5. The number of halogens is 1. The Bertz CT molecular complexity index is 1120. The Morgan fingerprint density at radius 1 is 1.13 bits per heavy atom. The molecule has 0 fully saturated rings. The molecule has 0 saturated carbocycles. The van der Waals surface area contributed by atoms with Gasteiger partial charge in [0.15, 0.2) is 5.15 Å². The second-order valence-corrected chi connectivity index (χ2v) is 7.60. The quantitative estimate of drug-likeness (QED) is 0.397. The number of nitro groups is 1. The van der Waals surface area contributed by atoms with Crippen LogP contribution in [0.15, 0.2) is 36.4 Å². The van der Waals surface area contributed by atoms with Crippen molar-refractivity contribution in [3.63, 3.8) is 0 Å². The van der Waals surface area contributed by atoms with Crippen molar-refractivity contribution in [1.82, 2.24) is 10.2 Å². The van der Waals surface area contributed by atoms with E-state index >= 15 is 0 Å². The molecule has 0 spiro atoms. The van der Waals surface area contributed by atoms with E-state index in [1.165, 1.54) is 0 Å². The van der Waals surface area contributed by atoms with E-state index in [0.29, 0.717) is 35.2 Å². The molecular formula is C22H20ClN3O4. The standard InChI is InChI=1S/C22H20ClN3O4/c1-13-10-19(26(27)28)17-4-3-5-18(17)22(13)30-16-7-8-20(29-2)14(12-16)11-15-6-9-21(23)25-24-15/h6-10,12H,3-5,11H2,1-2H3. The van der Waals surface area contributed by atoms with Crippen molar-refractivity contribution < 1.29 is 14.4 Å². The Labute approximate surface area is 178 Å². The van der Waals surface area contributed by atoms with Crippen molar-refractivity contribution >= 4 is 17.3 Å². The van der Waals surface area contributed by atoms with Crippen molar-refractivity contribution in [3.05, 3.63) is 79.6 Å². The molecule has 1 heterocycles. The summed E-state index contributed by atoms with van der Waals surface area (Å²) in [5.41, 5.74) is 4.30. The van der Waals surface area contributed by atoms with Gasteiger partial charge in [-0.15, -0.1) is 5.10 Å². The molecule has 154 valence electrons. The van der Waals surface area contributed by atoms with Gasteiger partial charge in [0.25, 0.3) is 5.69 Å². The highest BCUT2D eigenvalue weighted by Gasteiger charge is 2.27. The van der Waals surface area contributed by atoms with Crippen molar-refractivity contribution in [2.75, 3.05) is 7.11 Å². The molecule has 1 aliphatic carbocycles. The summed E-state index contributed by atoms with van der Waals surface area (Å²) >= 11 is 5.82. The van der Waals surface area contributed by atoms with E-state index in [4.69, 9.17) is 21.1 Å². The third-order valence-corrected chi connectivity index (χ3v) is 5.44. The molecule has 7 nitrogen and oxygen atoms in total. The third kappa shape index (κ3) is 3.93. The van der Waals surface area contributed by atoms with E-state index in [0.717, 1.165) is 40.8 Å². The second-order valence-electron chi connectivity index (χ2n) is 7.21. The van der Waals surface area contributed by atoms with E-state index in [-0.39, 0.29) is 10.6 Å². The molecule has 0 atom stereocenters. The van der Waals surface area contributed by atoms with Crippen LogP contribution in [0.4, 0.5) is 5.69 Å². The first-order chi connectivity index (χ1) is 14.5. The summed E-state index contributed by atoms with van der Waals surface area (Å²) in [6.45, 7) is 1.84. The van der Waals surface area contributed by atoms with Gasteiger partial charge < -0.3 is 9.47 Å². The number of rotatable bonds is 6. The topological polar surface area (TPSA) is 87.4 Å². The predicted molar refractivity (Wildman–Crippen MR) is 113 cm³/mol. The van der Waals surface area contributed by atoms with Gasteiger partial charge in [-0.2, -0.15) is 5.10 Å². The van der Waals surface area contributed by atoms with E-state index in [1.54, 1.807) is 19.2 Å². The van der Waals surface area contributed by atoms with Gasteiger partial charge in [0, 0.05) is 29.2 Å². The van der Waals surface area contributed by atoms with Crippen LogP contribution in [-0.2, 0) is 19.3 Å². The van der Waals surface area contributed by atoms with Crippen molar-refractivity contribution in [1.29, 1.82) is 0 Å². The average Bonchev–Trinajstić information content (AvgIpc) is 3.21. The Morgan fingerprint density at radius 3 is 2.63 bits per heavy atom. The van der Waals surface area contributed by atoms with Gasteiger partial charge in [0.2, 0.25) is 0 Å². The molecule has 30 heavy (non-hydrogen) atoms. The van der Waals surface area contributed by atoms with Crippen molar-refractivity contribution in [3.8, 4) is 17.2 Å². The number of benzene rings is 2. The van der Waals surface area contributed by atoms with Crippen LogP contribution in [0.25, 0.3) is 0 Å². The average molecular weight is 426 g/mol. The van der Waals surface area contributed by atoms with Gasteiger partial charge in [-0.25, -0.2) is 0 Å². The highest BCUT2D eigenvalue weighted by atomic mass is 35.5. The zero-order valence-electron chi connectivity index (χ0n) is 16.6. The van der Waals surface area contributed by atoms with Crippen LogP contribution in [0.1, 0.15) is 34.4 Å². The van der Waals surface area contributed by atoms with Crippen LogP contribution in [0, 0.1) is 17.0 Å². The lowest BCUT2D eigenvalue weighted by atomic mass is 10.0. The van der Waals surface area contributed by atoms with Gasteiger partial charge in [0.05, 0.1) is 17.7 Å². The number of fused-ring (bicyclic) bond motifs is 1. The summed E-state index contributed by atoms with van der Waals surface area (Å²) in [6.07, 6.45) is 2.86. The monoisotopic (exact) mass is 425 g/mol. The van der Waals surface area contributed by atoms with Crippen LogP contribution < -0.4 is 9.47 Å². The second kappa shape index (κ2) is 8.28. The van der Waals surface area contributed by atoms with Crippen LogP contribution in [0.2, 0.25) is 5.15 Å². The van der Waals surface area contributed by atoms with Gasteiger partial charge in [-0.05, 0) is 62.1 Å². The molecule has 0 bridgehead atoms. The van der Waals surface area contributed by atoms with E-state index in [1.807, 2.05) is 31.2 Å². The third-order valence-electron chi connectivity index (χ3n) is 5.24. The molecule has 0 saturated heterocycles. The number of methoxy groups -OCH3 is 1. The zero-order valence-corrected chi connectivity index (χ0v) is 17.4. The smallest absolute Gasteiger partial charge is 0.273 e. The minimum Gasteiger partial charge on any atom is -0.496 e. The van der Waals surface area contributed by atoms with Gasteiger partial charge in [0.1, 0.15) is 17.2 Å². The summed E-state index contributed by atoms with van der Waals surface area (Å²) in [7, 11) is 1.61. The minimum absolute atomic E-state index is 0.184. The largest absolute Gasteiger partial charge is 0.496 e. The Morgan fingerprint density at radius 2 is 1.93 bits per heavy atom. The molecule has 0 N–H and O–H groups in total. The molecule has 0 unspecified atom stereocenters. The van der Waals surface area contributed by atoms with Gasteiger partial charge in [-0.1, -0.05) is 11.6 Å². The first-order valence-electron chi connectivity index (χ1n) is 9.59. The van der Waals surface area contributed by atoms with E-state index in [9.17, 15) is 10.1 Å². The molecular weight excluding hydrogens is 406 g/mol. The lowest BCUT2D eigenvalue weighted by Gasteiger charge is -2.16. The number of hydrogen-bond donors (Lipinski definition) is 0. The fraction of sp³-hybridized carbons (Fsp3) is 0.273. The minimum atomic E-state index is -0.306. The van der Waals surface area contributed by atoms with E-state index in [2.05, 4.69) is 10.2 Å². The highest BCUT2D eigenvalue weighted by Crippen LogP contribution is 2.42. The first-order valence-corrected chi connectivity index (χ1v) is 9.96. The SMILES string of the molecule is COc1ccc(Oc2c(C)cc([N+](=O)[O-])c3c2CCC3)cc1Cc1ccc(Cl)nn1. The first kappa shape index (κ1) is 20.1. The number of ether oxygens (including phenoxy) is 2. The molecule has 2 aromatic carbocycles. The number of aryl methyl sites for hydroxylation is 1. The molecule has 1 aromatic heterocycles. The number of nitro benzene ring substituents is 1. The summed E-state index contributed by atoms with van der Waals surface area (Å²) in [6, 6.07) is 10.7. The molecule has 3 aromatic rings. The Hall–Kier alpha value is -3.19. The molecule has 0 radical (unpaired) electrons. The fourth-order valence-corrected chi connectivity index (χ4v) is 3.99. The van der Waals surface area contributed by atoms with E-state index < -0.39 is 0 Å². The summed E-state index contributed by atoms with van der Waals surface area (Å²) < 4.78 is 11.7. The van der Waals surface area contributed by atoms with Gasteiger partial charge >= 0.3 is 0 Å². The molecule has 8 heteroatoms. The maximum atomic E-state index is 11.4. The lowest BCUT2D eigenvalue weighted by molar-refractivity contribution is -0.385.